The van der Waals surface area contributed by atoms with E-state index in [1.54, 1.807) is 0 Å². The van der Waals surface area contributed by atoms with Crippen LogP contribution in [-0.2, 0) is 22.3 Å². The first-order valence-electron chi connectivity index (χ1n) is 22.4. The lowest BCUT2D eigenvalue weighted by Crippen LogP contribution is -2.22. The molecule has 0 radical (unpaired) electrons. The molecule has 0 heterocycles. The number of hydrogen-bond donors (Lipinski definition) is 2. The molecule has 1 saturated carbocycles. The summed E-state index contributed by atoms with van der Waals surface area (Å²) < 4.78 is 0. The van der Waals surface area contributed by atoms with Gasteiger partial charge in [-0.2, -0.15) is 23.5 Å². The molecule has 0 aliphatic heterocycles. The Balaban J connectivity index is 1.52. The van der Waals surface area contributed by atoms with Gasteiger partial charge in [0.05, 0.1) is 0 Å². The number of benzene rings is 4. The first-order chi connectivity index (χ1) is 27.2. The van der Waals surface area contributed by atoms with E-state index < -0.39 is 0 Å². The van der Waals surface area contributed by atoms with E-state index in [1.807, 2.05) is 0 Å². The van der Waals surface area contributed by atoms with Gasteiger partial charge in [-0.1, -0.05) is 171 Å². The van der Waals surface area contributed by atoms with Gasteiger partial charge >= 0.3 is 0 Å². The van der Waals surface area contributed by atoms with Crippen LogP contribution in [0.3, 0.4) is 0 Å². The van der Waals surface area contributed by atoms with E-state index in [-0.39, 0.29) is 10.8 Å². The van der Waals surface area contributed by atoms with Crippen molar-refractivity contribution in [2.45, 2.75) is 192 Å². The van der Waals surface area contributed by atoms with Crippen molar-refractivity contribution < 1.29 is 10.2 Å². The first-order valence-corrected chi connectivity index (χ1v) is 24.5. The Bertz CT molecular complexity index is 1810. The summed E-state index contributed by atoms with van der Waals surface area (Å²) in [5.41, 5.74) is 14.2. The third kappa shape index (κ3) is 10.7. The van der Waals surface area contributed by atoms with Crippen LogP contribution in [0.15, 0.2) is 60.7 Å². The molecule has 2 nitrogen and oxygen atoms in total. The molecule has 1 aliphatic carbocycles. The Kier molecular flexibility index (Phi) is 15.4. The minimum Gasteiger partial charge on any atom is -0.507 e. The van der Waals surface area contributed by atoms with Crippen molar-refractivity contribution in [3.8, 4) is 33.8 Å². The van der Waals surface area contributed by atoms with Gasteiger partial charge < -0.3 is 10.2 Å². The van der Waals surface area contributed by atoms with Gasteiger partial charge in [0, 0.05) is 44.3 Å². The normalized spacial score (nSPS) is 17.1. The molecule has 5 rings (SSSR count). The van der Waals surface area contributed by atoms with Gasteiger partial charge in [-0.25, -0.2) is 0 Å². The molecule has 0 bridgehead atoms. The maximum absolute atomic E-state index is 12.3. The maximum Gasteiger partial charge on any atom is 0.127 e. The maximum atomic E-state index is 12.3. The van der Waals surface area contributed by atoms with Crippen LogP contribution in [0.1, 0.15) is 204 Å². The standard InChI is InChI=1S/C54H76O2S2/c1-33(2)41-21-19-22-42(34(3)4)49(41)45-29-39(53(9,10)11)27-37(51(45)55)31-57-47-25-17-15-16-18-26-48(47)58-32-38-28-40(54(12,13)14)30-46(52(38)56)50-43(35(5)6)23-20-24-44(50)36(7)8/h19-24,27-30,33-36,47-48,55-56H,15-18,25-26,31-32H2,1-14H3/t47-,48-/m0/s1. The van der Waals surface area contributed by atoms with Gasteiger partial charge in [-0.15, -0.1) is 0 Å². The summed E-state index contributed by atoms with van der Waals surface area (Å²) in [5.74, 6) is 3.85. The van der Waals surface area contributed by atoms with Gasteiger partial charge in [0.25, 0.3) is 0 Å². The molecular weight excluding hydrogens is 745 g/mol. The number of thioether (sulfide) groups is 2. The van der Waals surface area contributed by atoms with Crippen LogP contribution in [-0.4, -0.2) is 20.7 Å². The zero-order valence-corrected chi connectivity index (χ0v) is 40.2. The van der Waals surface area contributed by atoms with Gasteiger partial charge in [0.15, 0.2) is 0 Å². The van der Waals surface area contributed by atoms with Crippen molar-refractivity contribution in [2.75, 3.05) is 0 Å². The molecule has 0 aromatic heterocycles. The second kappa shape index (κ2) is 19.3. The summed E-state index contributed by atoms with van der Waals surface area (Å²) >= 11 is 4.11. The van der Waals surface area contributed by atoms with E-state index >= 15 is 0 Å². The van der Waals surface area contributed by atoms with E-state index in [4.69, 9.17) is 0 Å². The molecule has 58 heavy (non-hydrogen) atoms. The topological polar surface area (TPSA) is 40.5 Å². The second-order valence-electron chi connectivity index (χ2n) is 20.5. The van der Waals surface area contributed by atoms with Crippen molar-refractivity contribution in [1.29, 1.82) is 0 Å². The highest BCUT2D eigenvalue weighted by Crippen LogP contribution is 2.48. The first kappa shape index (κ1) is 46.2. The third-order valence-corrected chi connectivity index (χ3v) is 15.6. The minimum absolute atomic E-state index is 0.0562. The number of phenols is 2. The summed E-state index contributed by atoms with van der Waals surface area (Å²) in [5, 5.41) is 25.5. The van der Waals surface area contributed by atoms with Gasteiger partial charge in [0.1, 0.15) is 11.5 Å². The van der Waals surface area contributed by atoms with Crippen molar-refractivity contribution in [3.63, 3.8) is 0 Å². The monoisotopic (exact) mass is 821 g/mol. The Morgan fingerprint density at radius 2 is 0.810 bits per heavy atom. The van der Waals surface area contributed by atoms with Gasteiger partial charge in [-0.3, -0.25) is 0 Å². The zero-order chi connectivity index (χ0) is 42.7. The smallest absolute Gasteiger partial charge is 0.127 e. The Hall–Kier alpha value is -2.82. The fourth-order valence-electron chi connectivity index (χ4n) is 8.77. The number of rotatable bonds is 12. The minimum atomic E-state index is -0.0562. The van der Waals surface area contributed by atoms with Gasteiger partial charge in [0.2, 0.25) is 0 Å². The molecular formula is C54H76O2S2. The number of hydrogen-bond acceptors (Lipinski definition) is 4. The summed E-state index contributed by atoms with van der Waals surface area (Å²) in [6.07, 6.45) is 7.43. The lowest BCUT2D eigenvalue weighted by atomic mass is 9.80. The molecule has 4 heteroatoms. The third-order valence-electron chi connectivity index (χ3n) is 12.4. The summed E-state index contributed by atoms with van der Waals surface area (Å²) in [7, 11) is 0. The quantitative estimate of drug-likeness (QED) is 0.149. The SMILES string of the molecule is CC(C)c1cccc(C(C)C)c1-c1cc(C(C)(C)C)cc(CS[C@H]2CCCCCC[C@@H]2SCc2cc(C(C)(C)C)cc(-c3c(C(C)C)cccc3C(C)C)c2O)c1O. The molecule has 2 atom stereocenters. The number of aromatic hydroxyl groups is 2. The molecule has 4 aromatic rings. The average Bonchev–Trinajstić information content (AvgIpc) is 3.13. The predicted molar refractivity (Wildman–Crippen MR) is 259 cm³/mol. The van der Waals surface area contributed by atoms with E-state index in [2.05, 4.69) is 181 Å². The average molecular weight is 821 g/mol. The van der Waals surface area contributed by atoms with Crippen molar-refractivity contribution in [2.24, 2.45) is 0 Å². The Morgan fingerprint density at radius 3 is 1.09 bits per heavy atom. The Labute approximate surface area is 362 Å². The highest BCUT2D eigenvalue weighted by Gasteiger charge is 2.29. The molecule has 1 aliphatic rings. The van der Waals surface area contributed by atoms with Crippen LogP contribution in [0, 0.1) is 0 Å². The van der Waals surface area contributed by atoms with Crippen LogP contribution in [0.25, 0.3) is 22.3 Å². The molecule has 316 valence electrons. The fraction of sp³-hybridized carbons (Fsp3) is 0.556. The van der Waals surface area contributed by atoms with Crippen LogP contribution in [0.2, 0.25) is 0 Å². The van der Waals surface area contributed by atoms with Crippen molar-refractivity contribution >= 4 is 23.5 Å². The lowest BCUT2D eigenvalue weighted by molar-refractivity contribution is 0.470. The molecule has 2 N–H and O–H groups in total. The molecule has 0 saturated heterocycles. The van der Waals surface area contributed by atoms with Crippen LogP contribution >= 0.6 is 23.5 Å². The van der Waals surface area contributed by atoms with E-state index in [0.717, 1.165) is 33.8 Å². The summed E-state index contributed by atoms with van der Waals surface area (Å²) in [4.78, 5) is 0. The Morgan fingerprint density at radius 1 is 0.500 bits per heavy atom. The molecule has 4 aromatic carbocycles. The van der Waals surface area contributed by atoms with Crippen molar-refractivity contribution in [1.82, 2.24) is 0 Å². The van der Waals surface area contributed by atoms with E-state index in [0.29, 0.717) is 45.7 Å². The number of phenolic OH excluding ortho intramolecular Hbond substituents is 2. The summed E-state index contributed by atoms with van der Waals surface area (Å²) in [6.45, 7) is 31.9. The van der Waals surface area contributed by atoms with E-state index in [1.165, 1.54) is 83.0 Å². The summed E-state index contributed by atoms with van der Waals surface area (Å²) in [6, 6.07) is 22.5. The molecule has 0 amide bonds. The van der Waals surface area contributed by atoms with Crippen LogP contribution < -0.4 is 0 Å². The van der Waals surface area contributed by atoms with Gasteiger partial charge in [-0.05, 0) is 104 Å². The highest BCUT2D eigenvalue weighted by molar-refractivity contribution is 8.03. The van der Waals surface area contributed by atoms with Crippen molar-refractivity contribution in [3.05, 3.63) is 105 Å². The van der Waals surface area contributed by atoms with Crippen LogP contribution in [0.4, 0.5) is 0 Å². The zero-order valence-electron chi connectivity index (χ0n) is 38.6. The van der Waals surface area contributed by atoms with E-state index in [9.17, 15) is 10.2 Å². The molecule has 0 unspecified atom stereocenters. The highest BCUT2D eigenvalue weighted by atomic mass is 32.2. The predicted octanol–water partition coefficient (Wildman–Crippen LogP) is 16.8. The second-order valence-corrected chi connectivity index (χ2v) is 23.0. The lowest BCUT2D eigenvalue weighted by Gasteiger charge is -2.30. The largest absolute Gasteiger partial charge is 0.507 e. The van der Waals surface area contributed by atoms with Crippen LogP contribution in [0.5, 0.6) is 11.5 Å². The fourth-order valence-corrected chi connectivity index (χ4v) is 11.8. The molecule has 1 fully saturated rings. The molecule has 0 spiro atoms.